The number of nitrogens with zero attached hydrogens (tertiary/aromatic N) is 2. The van der Waals surface area contributed by atoms with E-state index < -0.39 is 0 Å². The summed E-state index contributed by atoms with van der Waals surface area (Å²) in [5, 5.41) is 5.80. The van der Waals surface area contributed by atoms with E-state index in [1.807, 2.05) is 57.2 Å². The van der Waals surface area contributed by atoms with Crippen molar-refractivity contribution >= 4 is 23.4 Å². The Kier molecular flexibility index (Phi) is 8.00. The highest BCUT2D eigenvalue weighted by Gasteiger charge is 2.22. The van der Waals surface area contributed by atoms with Gasteiger partial charge < -0.3 is 15.5 Å². The molecular weight excluding hydrogens is 404 g/mol. The first-order valence-electron chi connectivity index (χ1n) is 11.0. The van der Waals surface area contributed by atoms with Crippen LogP contribution in [0.2, 0.25) is 0 Å². The minimum absolute atomic E-state index is 0.0222. The number of benzene rings is 2. The topological polar surface area (TPSA) is 81.8 Å². The lowest BCUT2D eigenvalue weighted by molar-refractivity contribution is -0.132. The molecule has 0 radical (unpaired) electrons. The first kappa shape index (κ1) is 23.5. The third-order valence-corrected chi connectivity index (χ3v) is 5.88. The van der Waals surface area contributed by atoms with Crippen molar-refractivity contribution in [2.24, 2.45) is 0 Å². The van der Waals surface area contributed by atoms with Crippen LogP contribution in [0.4, 0.5) is 5.69 Å². The zero-order valence-electron chi connectivity index (χ0n) is 19.1. The zero-order valence-corrected chi connectivity index (χ0v) is 19.1. The predicted molar refractivity (Wildman–Crippen MR) is 126 cm³/mol. The Labute approximate surface area is 189 Å². The monoisotopic (exact) mass is 436 g/mol. The average molecular weight is 437 g/mol. The second-order valence-corrected chi connectivity index (χ2v) is 8.33. The van der Waals surface area contributed by atoms with Gasteiger partial charge in [0, 0.05) is 50.4 Å². The second kappa shape index (κ2) is 10.9. The number of amides is 3. The smallest absolute Gasteiger partial charge is 0.251 e. The van der Waals surface area contributed by atoms with Crippen LogP contribution >= 0.6 is 0 Å². The third-order valence-electron chi connectivity index (χ3n) is 5.88. The van der Waals surface area contributed by atoms with Gasteiger partial charge in [-0.15, -0.1) is 0 Å². The van der Waals surface area contributed by atoms with E-state index in [9.17, 15) is 14.4 Å². The van der Waals surface area contributed by atoms with Gasteiger partial charge in [-0.25, -0.2) is 0 Å². The number of carbonyl (C=O) groups excluding carboxylic acids is 3. The Balaban J connectivity index is 1.37. The van der Waals surface area contributed by atoms with Gasteiger partial charge in [-0.2, -0.15) is 0 Å². The first-order chi connectivity index (χ1) is 15.3. The van der Waals surface area contributed by atoms with Crippen molar-refractivity contribution in [2.45, 2.75) is 27.2 Å². The fraction of sp³-hybridized carbons (Fsp3) is 0.400. The van der Waals surface area contributed by atoms with Gasteiger partial charge in [0.25, 0.3) is 5.91 Å². The predicted octanol–water partition coefficient (Wildman–Crippen LogP) is 2.51. The standard InChI is InChI=1S/C25H32N4O3/c1-18-6-4-8-21(16-18)25(32)26-11-10-24(31)29-14-12-28(13-15-29)17-23(30)27-22-9-5-7-19(2)20(22)3/h4-9,16H,10-15,17H2,1-3H3,(H,26,32)(H,27,30). The summed E-state index contributed by atoms with van der Waals surface area (Å²) < 4.78 is 0. The average Bonchev–Trinajstić information content (AvgIpc) is 2.77. The number of anilines is 1. The highest BCUT2D eigenvalue weighted by atomic mass is 16.2. The molecule has 0 aromatic heterocycles. The second-order valence-electron chi connectivity index (χ2n) is 8.33. The largest absolute Gasteiger partial charge is 0.352 e. The summed E-state index contributed by atoms with van der Waals surface area (Å²) in [4.78, 5) is 41.0. The quantitative estimate of drug-likeness (QED) is 0.699. The van der Waals surface area contributed by atoms with Crippen molar-refractivity contribution in [2.75, 3.05) is 44.6 Å². The van der Waals surface area contributed by atoms with Crippen LogP contribution in [-0.2, 0) is 9.59 Å². The number of rotatable bonds is 7. The number of aryl methyl sites for hydroxylation is 2. The van der Waals surface area contributed by atoms with E-state index in [-0.39, 0.29) is 24.1 Å². The van der Waals surface area contributed by atoms with Crippen molar-refractivity contribution in [3.8, 4) is 0 Å². The summed E-state index contributed by atoms with van der Waals surface area (Å²) in [7, 11) is 0. The summed E-state index contributed by atoms with van der Waals surface area (Å²) in [5.41, 5.74) is 4.69. The molecule has 0 atom stereocenters. The van der Waals surface area contributed by atoms with Crippen LogP contribution in [0, 0.1) is 20.8 Å². The maximum absolute atomic E-state index is 12.5. The molecule has 7 nitrogen and oxygen atoms in total. The van der Waals surface area contributed by atoms with Crippen molar-refractivity contribution in [1.82, 2.24) is 15.1 Å². The molecule has 1 heterocycles. The fourth-order valence-electron chi connectivity index (χ4n) is 3.76. The van der Waals surface area contributed by atoms with Crippen molar-refractivity contribution < 1.29 is 14.4 Å². The van der Waals surface area contributed by atoms with Crippen molar-refractivity contribution in [3.05, 3.63) is 64.7 Å². The van der Waals surface area contributed by atoms with Crippen LogP contribution in [-0.4, -0.2) is 66.8 Å². The molecule has 32 heavy (non-hydrogen) atoms. The summed E-state index contributed by atoms with van der Waals surface area (Å²) in [5.74, 6) is -0.187. The SMILES string of the molecule is Cc1cccc(C(=O)NCCC(=O)N2CCN(CC(=O)Nc3cccc(C)c3C)CC2)c1. The molecule has 7 heteroatoms. The molecule has 170 valence electrons. The molecule has 2 aromatic rings. The molecule has 1 aliphatic heterocycles. The molecule has 0 spiro atoms. The molecule has 1 fully saturated rings. The normalized spacial score (nSPS) is 14.2. The Hall–Kier alpha value is -3.19. The Morgan fingerprint density at radius 1 is 0.938 bits per heavy atom. The summed E-state index contributed by atoms with van der Waals surface area (Å²) >= 11 is 0. The molecule has 3 amide bonds. The van der Waals surface area contributed by atoms with Gasteiger partial charge in [-0.3, -0.25) is 19.3 Å². The van der Waals surface area contributed by atoms with Crippen molar-refractivity contribution in [1.29, 1.82) is 0 Å². The zero-order chi connectivity index (χ0) is 23.1. The van der Waals surface area contributed by atoms with E-state index in [0.717, 1.165) is 22.4 Å². The molecular formula is C25H32N4O3. The molecule has 1 saturated heterocycles. The van der Waals surface area contributed by atoms with Gasteiger partial charge in [-0.05, 0) is 50.1 Å². The maximum atomic E-state index is 12.5. The van der Waals surface area contributed by atoms with E-state index >= 15 is 0 Å². The van der Waals surface area contributed by atoms with E-state index in [1.54, 1.807) is 11.0 Å². The Morgan fingerprint density at radius 2 is 1.66 bits per heavy atom. The van der Waals surface area contributed by atoms with Gasteiger partial charge in [0.2, 0.25) is 11.8 Å². The van der Waals surface area contributed by atoms with E-state index in [4.69, 9.17) is 0 Å². The van der Waals surface area contributed by atoms with Crippen LogP contribution < -0.4 is 10.6 Å². The van der Waals surface area contributed by atoms with E-state index in [2.05, 4.69) is 15.5 Å². The Morgan fingerprint density at radius 3 is 2.38 bits per heavy atom. The van der Waals surface area contributed by atoms with Crippen LogP contribution in [0.15, 0.2) is 42.5 Å². The van der Waals surface area contributed by atoms with Crippen LogP contribution in [0.25, 0.3) is 0 Å². The number of nitrogens with one attached hydrogen (secondary N) is 2. The lowest BCUT2D eigenvalue weighted by Crippen LogP contribution is -2.50. The first-order valence-corrected chi connectivity index (χ1v) is 11.0. The molecule has 0 aliphatic carbocycles. The molecule has 0 saturated carbocycles. The minimum atomic E-state index is -0.166. The van der Waals surface area contributed by atoms with E-state index in [1.165, 1.54) is 0 Å². The number of hydrogen-bond donors (Lipinski definition) is 2. The number of piperazine rings is 1. The number of hydrogen-bond acceptors (Lipinski definition) is 4. The molecule has 1 aliphatic rings. The van der Waals surface area contributed by atoms with E-state index in [0.29, 0.717) is 44.8 Å². The maximum Gasteiger partial charge on any atom is 0.251 e. The minimum Gasteiger partial charge on any atom is -0.352 e. The third kappa shape index (κ3) is 6.40. The van der Waals surface area contributed by atoms with Gasteiger partial charge in [0.05, 0.1) is 6.54 Å². The highest BCUT2D eigenvalue weighted by molar-refractivity contribution is 5.94. The molecule has 2 aromatic carbocycles. The van der Waals surface area contributed by atoms with Crippen molar-refractivity contribution in [3.63, 3.8) is 0 Å². The molecule has 2 N–H and O–H groups in total. The van der Waals surface area contributed by atoms with Crippen LogP contribution in [0.3, 0.4) is 0 Å². The highest BCUT2D eigenvalue weighted by Crippen LogP contribution is 2.18. The fourth-order valence-corrected chi connectivity index (χ4v) is 3.76. The molecule has 0 bridgehead atoms. The van der Waals surface area contributed by atoms with Gasteiger partial charge in [0.1, 0.15) is 0 Å². The van der Waals surface area contributed by atoms with Crippen LogP contribution in [0.5, 0.6) is 0 Å². The van der Waals surface area contributed by atoms with Gasteiger partial charge in [0.15, 0.2) is 0 Å². The number of carbonyl (C=O) groups is 3. The Bertz CT molecular complexity index is 981. The van der Waals surface area contributed by atoms with Crippen LogP contribution in [0.1, 0.15) is 33.5 Å². The van der Waals surface area contributed by atoms with Gasteiger partial charge in [-0.1, -0.05) is 29.8 Å². The summed E-state index contributed by atoms with van der Waals surface area (Å²) in [6.45, 7) is 9.05. The molecule has 0 unspecified atom stereocenters. The lowest BCUT2D eigenvalue weighted by Gasteiger charge is -2.34. The summed E-state index contributed by atoms with van der Waals surface area (Å²) in [6, 6.07) is 13.2. The summed E-state index contributed by atoms with van der Waals surface area (Å²) in [6.07, 6.45) is 0.269. The van der Waals surface area contributed by atoms with Gasteiger partial charge >= 0.3 is 0 Å². The molecule has 3 rings (SSSR count). The lowest BCUT2D eigenvalue weighted by atomic mass is 10.1.